The lowest BCUT2D eigenvalue weighted by Gasteiger charge is -2.22. The molecule has 1 atom stereocenters. The topological polar surface area (TPSA) is 43.9 Å². The molecule has 25 heavy (non-hydrogen) atoms. The Bertz CT molecular complexity index is 629. The molecule has 1 aliphatic rings. The summed E-state index contributed by atoms with van der Waals surface area (Å²) < 4.78 is 37.4. The summed E-state index contributed by atoms with van der Waals surface area (Å²) in [5.74, 6) is -1.66. The summed E-state index contributed by atoms with van der Waals surface area (Å²) in [5.41, 5.74) is 1.94. The smallest absolute Gasteiger partial charge is 0.378 e. The van der Waals surface area contributed by atoms with Crippen LogP contribution in [0.1, 0.15) is 12.0 Å². The van der Waals surface area contributed by atoms with Crippen molar-refractivity contribution in [3.63, 3.8) is 0 Å². The van der Waals surface area contributed by atoms with Crippen LogP contribution in [0.3, 0.4) is 0 Å². The molecule has 0 aliphatic carbocycles. The summed E-state index contributed by atoms with van der Waals surface area (Å²) in [5, 5.41) is 0. The van der Waals surface area contributed by atoms with Gasteiger partial charge in [-0.3, -0.25) is 9.59 Å². The first-order chi connectivity index (χ1) is 11.6. The molecule has 0 bridgehead atoms. The average Bonchev–Trinajstić information content (AvgIpc) is 2.86. The fourth-order valence-electron chi connectivity index (χ4n) is 2.87. The Balaban J connectivity index is 1.95. The number of carbonyl (C=O) groups is 2. The maximum atomic E-state index is 12.5. The molecule has 1 aromatic rings. The number of rotatable bonds is 5. The highest BCUT2D eigenvalue weighted by molar-refractivity contribution is 5.89. The van der Waals surface area contributed by atoms with Crippen molar-refractivity contribution in [1.82, 2.24) is 9.80 Å². The summed E-state index contributed by atoms with van der Waals surface area (Å²) >= 11 is 0. The zero-order chi connectivity index (χ0) is 18.8. The first-order valence-electron chi connectivity index (χ1n) is 7.92. The maximum Gasteiger partial charge on any atom is 0.406 e. The molecule has 1 saturated heterocycles. The van der Waals surface area contributed by atoms with Gasteiger partial charge < -0.3 is 14.7 Å². The molecule has 0 saturated carbocycles. The number of likely N-dealkylation sites (tertiary alicyclic amines) is 1. The van der Waals surface area contributed by atoms with E-state index in [1.807, 2.05) is 43.3 Å². The molecule has 138 valence electrons. The van der Waals surface area contributed by atoms with Crippen molar-refractivity contribution in [3.05, 3.63) is 29.8 Å². The van der Waals surface area contributed by atoms with Crippen molar-refractivity contribution in [2.45, 2.75) is 19.1 Å². The minimum atomic E-state index is -4.45. The first kappa shape index (κ1) is 19.1. The van der Waals surface area contributed by atoms with Gasteiger partial charge in [-0.2, -0.15) is 13.2 Å². The molecule has 0 radical (unpaired) electrons. The molecule has 8 heteroatoms. The molecule has 2 rings (SSSR count). The van der Waals surface area contributed by atoms with E-state index in [4.69, 9.17) is 0 Å². The summed E-state index contributed by atoms with van der Waals surface area (Å²) in [6.07, 6.45) is -4.62. The van der Waals surface area contributed by atoms with Crippen LogP contribution in [0.5, 0.6) is 0 Å². The number of hydrogen-bond acceptors (Lipinski definition) is 3. The fourth-order valence-corrected chi connectivity index (χ4v) is 2.87. The summed E-state index contributed by atoms with van der Waals surface area (Å²) in [6, 6.07) is 7.65. The second-order valence-corrected chi connectivity index (χ2v) is 6.55. The van der Waals surface area contributed by atoms with E-state index in [-0.39, 0.29) is 18.9 Å². The van der Waals surface area contributed by atoms with Crippen LogP contribution in [0.15, 0.2) is 24.3 Å². The van der Waals surface area contributed by atoms with E-state index in [0.29, 0.717) is 11.4 Å². The van der Waals surface area contributed by atoms with Gasteiger partial charge in [-0.25, -0.2) is 0 Å². The van der Waals surface area contributed by atoms with Crippen molar-refractivity contribution in [2.24, 2.45) is 5.92 Å². The minimum absolute atomic E-state index is 0.168. The third-order valence-electron chi connectivity index (χ3n) is 4.18. The number of benzene rings is 1. The zero-order valence-electron chi connectivity index (χ0n) is 14.5. The molecule has 1 heterocycles. The number of hydrogen-bond donors (Lipinski definition) is 0. The van der Waals surface area contributed by atoms with Crippen LogP contribution in [-0.4, -0.2) is 62.0 Å². The number of anilines is 1. The second kappa shape index (κ2) is 7.33. The van der Waals surface area contributed by atoms with Crippen LogP contribution in [0, 0.1) is 5.92 Å². The predicted molar refractivity (Wildman–Crippen MR) is 88.0 cm³/mol. The van der Waals surface area contributed by atoms with E-state index >= 15 is 0 Å². The lowest BCUT2D eigenvalue weighted by atomic mass is 10.1. The SMILES string of the molecule is CN(Cc1ccc(N(C)C)cc1)C(=O)C1CC(=O)N(CC(F)(F)F)C1. The van der Waals surface area contributed by atoms with Crippen LogP contribution in [0.4, 0.5) is 18.9 Å². The lowest BCUT2D eigenvalue weighted by molar-refractivity contribution is -0.157. The molecular weight excluding hydrogens is 335 g/mol. The quantitative estimate of drug-likeness (QED) is 0.811. The Labute approximate surface area is 145 Å². The molecule has 1 unspecified atom stereocenters. The van der Waals surface area contributed by atoms with E-state index in [1.54, 1.807) is 7.05 Å². The van der Waals surface area contributed by atoms with Gasteiger partial charge in [0.25, 0.3) is 0 Å². The van der Waals surface area contributed by atoms with Crippen LogP contribution in [-0.2, 0) is 16.1 Å². The standard InChI is InChI=1S/C17H22F3N3O2/c1-21(2)14-6-4-12(5-7-14)9-22(3)16(25)13-8-15(24)23(10-13)11-17(18,19)20/h4-7,13H,8-11H2,1-3H3. The molecule has 0 spiro atoms. The van der Waals surface area contributed by atoms with E-state index in [1.165, 1.54) is 4.90 Å². The third-order valence-corrected chi connectivity index (χ3v) is 4.18. The van der Waals surface area contributed by atoms with Gasteiger partial charge in [-0.05, 0) is 17.7 Å². The van der Waals surface area contributed by atoms with Crippen molar-refractivity contribution in [1.29, 1.82) is 0 Å². The normalized spacial score (nSPS) is 17.8. The van der Waals surface area contributed by atoms with Crippen molar-refractivity contribution in [3.8, 4) is 0 Å². The summed E-state index contributed by atoms with van der Waals surface area (Å²) in [7, 11) is 5.45. The van der Waals surface area contributed by atoms with Gasteiger partial charge in [0.05, 0.1) is 5.92 Å². The van der Waals surface area contributed by atoms with E-state index in [2.05, 4.69) is 0 Å². The van der Waals surface area contributed by atoms with Gasteiger partial charge in [0.1, 0.15) is 6.54 Å². The van der Waals surface area contributed by atoms with Gasteiger partial charge in [0.15, 0.2) is 0 Å². The van der Waals surface area contributed by atoms with Crippen LogP contribution >= 0.6 is 0 Å². The predicted octanol–water partition coefficient (Wildman–Crippen LogP) is 2.12. The highest BCUT2D eigenvalue weighted by atomic mass is 19.4. The number of alkyl halides is 3. The Morgan fingerprint density at radius 2 is 1.80 bits per heavy atom. The second-order valence-electron chi connectivity index (χ2n) is 6.55. The molecule has 1 aliphatic heterocycles. The number of amides is 2. The molecule has 5 nitrogen and oxygen atoms in total. The molecule has 1 aromatic carbocycles. The van der Waals surface area contributed by atoms with E-state index in [9.17, 15) is 22.8 Å². The average molecular weight is 357 g/mol. The van der Waals surface area contributed by atoms with Gasteiger partial charge in [-0.15, -0.1) is 0 Å². The van der Waals surface area contributed by atoms with Gasteiger partial charge in [0.2, 0.25) is 11.8 Å². The largest absolute Gasteiger partial charge is 0.406 e. The molecule has 2 amide bonds. The van der Waals surface area contributed by atoms with E-state index < -0.39 is 24.5 Å². The Hall–Kier alpha value is -2.25. The highest BCUT2D eigenvalue weighted by Crippen LogP contribution is 2.25. The Morgan fingerprint density at radius 1 is 1.20 bits per heavy atom. The zero-order valence-corrected chi connectivity index (χ0v) is 14.5. The number of carbonyl (C=O) groups excluding carboxylic acids is 2. The van der Waals surface area contributed by atoms with Gasteiger partial charge >= 0.3 is 6.18 Å². The van der Waals surface area contributed by atoms with Crippen LogP contribution in [0.25, 0.3) is 0 Å². The van der Waals surface area contributed by atoms with Gasteiger partial charge in [-0.1, -0.05) is 12.1 Å². The Kier molecular flexibility index (Phi) is 5.59. The number of halogens is 3. The molecular formula is C17H22F3N3O2. The molecule has 1 fully saturated rings. The van der Waals surface area contributed by atoms with Crippen LogP contribution < -0.4 is 4.90 Å². The van der Waals surface area contributed by atoms with Crippen molar-refractivity contribution in [2.75, 3.05) is 39.1 Å². The molecule has 0 aromatic heterocycles. The highest BCUT2D eigenvalue weighted by Gasteiger charge is 2.41. The third kappa shape index (κ3) is 5.11. The van der Waals surface area contributed by atoms with E-state index in [0.717, 1.165) is 11.3 Å². The molecule has 0 N–H and O–H groups in total. The van der Waals surface area contributed by atoms with Gasteiger partial charge in [0, 0.05) is 46.3 Å². The maximum absolute atomic E-state index is 12.5. The van der Waals surface area contributed by atoms with Crippen molar-refractivity contribution >= 4 is 17.5 Å². The Morgan fingerprint density at radius 3 is 2.32 bits per heavy atom. The summed E-state index contributed by atoms with van der Waals surface area (Å²) in [4.78, 5) is 28.3. The van der Waals surface area contributed by atoms with Crippen molar-refractivity contribution < 1.29 is 22.8 Å². The monoisotopic (exact) mass is 357 g/mol. The summed E-state index contributed by atoms with van der Waals surface area (Å²) in [6.45, 7) is -1.14. The fraction of sp³-hybridized carbons (Fsp3) is 0.529. The first-order valence-corrected chi connectivity index (χ1v) is 7.92. The van der Waals surface area contributed by atoms with Crippen LogP contribution in [0.2, 0.25) is 0 Å². The minimum Gasteiger partial charge on any atom is -0.378 e. The lowest BCUT2D eigenvalue weighted by Crippen LogP contribution is -2.37. The number of nitrogens with zero attached hydrogens (tertiary/aromatic N) is 3.